The number of rotatable bonds is 1. The van der Waals surface area contributed by atoms with Crippen LogP contribution in [-0.2, 0) is 12.0 Å². The van der Waals surface area contributed by atoms with Crippen LogP contribution in [0.2, 0.25) is 0 Å². The van der Waals surface area contributed by atoms with Gasteiger partial charge in [-0.1, -0.05) is 20.8 Å². The van der Waals surface area contributed by atoms with Gasteiger partial charge in [0, 0.05) is 17.7 Å². The summed E-state index contributed by atoms with van der Waals surface area (Å²) in [6.45, 7) is 6.84. The minimum absolute atomic E-state index is 0.0762. The second-order valence-electron chi connectivity index (χ2n) is 3.85. The molecule has 1 aromatic heterocycles. The van der Waals surface area contributed by atoms with Crippen LogP contribution in [-0.4, -0.2) is 9.97 Å². The molecule has 0 aromatic carbocycles. The van der Waals surface area contributed by atoms with Gasteiger partial charge >= 0.3 is 0 Å². The highest BCUT2D eigenvalue weighted by molar-refractivity contribution is 5.15. The SMILES string of the molecule is CC(C)(C)c1cc(CN)ncn1. The summed E-state index contributed by atoms with van der Waals surface area (Å²) in [4.78, 5) is 8.23. The Morgan fingerprint density at radius 1 is 1.33 bits per heavy atom. The Labute approximate surface area is 73.0 Å². The van der Waals surface area contributed by atoms with Crippen LogP contribution in [0.3, 0.4) is 0 Å². The fraction of sp³-hybridized carbons (Fsp3) is 0.556. The van der Waals surface area contributed by atoms with Gasteiger partial charge in [-0.2, -0.15) is 0 Å². The first kappa shape index (κ1) is 9.13. The highest BCUT2D eigenvalue weighted by Gasteiger charge is 2.15. The van der Waals surface area contributed by atoms with Crippen molar-refractivity contribution in [3.05, 3.63) is 23.8 Å². The van der Waals surface area contributed by atoms with Crippen LogP contribution >= 0.6 is 0 Å². The Hall–Kier alpha value is -0.960. The molecule has 0 unspecified atom stereocenters. The lowest BCUT2D eigenvalue weighted by atomic mass is 9.91. The third-order valence-electron chi connectivity index (χ3n) is 1.70. The summed E-state index contributed by atoms with van der Waals surface area (Å²) in [5.74, 6) is 0. The Morgan fingerprint density at radius 2 is 2.00 bits per heavy atom. The number of hydrogen-bond donors (Lipinski definition) is 1. The van der Waals surface area contributed by atoms with E-state index in [1.807, 2.05) is 6.07 Å². The van der Waals surface area contributed by atoms with Gasteiger partial charge in [-0.15, -0.1) is 0 Å². The zero-order valence-corrected chi connectivity index (χ0v) is 7.83. The van der Waals surface area contributed by atoms with Crippen molar-refractivity contribution in [2.45, 2.75) is 32.7 Å². The normalized spacial score (nSPS) is 11.7. The topological polar surface area (TPSA) is 51.8 Å². The van der Waals surface area contributed by atoms with E-state index in [2.05, 4.69) is 30.7 Å². The Balaban J connectivity index is 3.02. The average molecular weight is 165 g/mol. The van der Waals surface area contributed by atoms with Crippen LogP contribution in [0.5, 0.6) is 0 Å². The van der Waals surface area contributed by atoms with Crippen molar-refractivity contribution < 1.29 is 0 Å². The van der Waals surface area contributed by atoms with Gasteiger partial charge in [0.2, 0.25) is 0 Å². The van der Waals surface area contributed by atoms with Crippen LogP contribution in [0.4, 0.5) is 0 Å². The van der Waals surface area contributed by atoms with E-state index in [4.69, 9.17) is 5.73 Å². The van der Waals surface area contributed by atoms with Crippen molar-refractivity contribution in [1.82, 2.24) is 9.97 Å². The van der Waals surface area contributed by atoms with Crippen molar-refractivity contribution in [3.8, 4) is 0 Å². The molecule has 66 valence electrons. The Bertz CT molecular complexity index is 263. The second kappa shape index (κ2) is 3.19. The van der Waals surface area contributed by atoms with Crippen molar-refractivity contribution in [1.29, 1.82) is 0 Å². The highest BCUT2D eigenvalue weighted by Crippen LogP contribution is 2.19. The zero-order chi connectivity index (χ0) is 9.19. The number of hydrogen-bond acceptors (Lipinski definition) is 3. The van der Waals surface area contributed by atoms with Crippen LogP contribution < -0.4 is 5.73 Å². The molecule has 0 aliphatic heterocycles. The van der Waals surface area contributed by atoms with Crippen LogP contribution in [0.25, 0.3) is 0 Å². The monoisotopic (exact) mass is 165 g/mol. The maximum Gasteiger partial charge on any atom is 0.116 e. The molecule has 0 spiro atoms. The fourth-order valence-corrected chi connectivity index (χ4v) is 0.919. The van der Waals surface area contributed by atoms with Gasteiger partial charge in [0.1, 0.15) is 6.33 Å². The summed E-state index contributed by atoms with van der Waals surface area (Å²) in [6, 6.07) is 1.96. The quantitative estimate of drug-likeness (QED) is 0.681. The van der Waals surface area contributed by atoms with Crippen molar-refractivity contribution in [2.75, 3.05) is 0 Å². The molecule has 0 saturated carbocycles. The van der Waals surface area contributed by atoms with Gasteiger partial charge < -0.3 is 5.73 Å². The summed E-state index contributed by atoms with van der Waals surface area (Å²) in [5.41, 5.74) is 7.49. The minimum atomic E-state index is 0.0762. The third kappa shape index (κ3) is 2.01. The average Bonchev–Trinajstić information content (AvgIpc) is 2.03. The van der Waals surface area contributed by atoms with Gasteiger partial charge in [0.05, 0.1) is 5.69 Å². The van der Waals surface area contributed by atoms with Crippen molar-refractivity contribution in [2.24, 2.45) is 5.73 Å². The maximum atomic E-state index is 5.47. The van der Waals surface area contributed by atoms with E-state index in [1.165, 1.54) is 0 Å². The smallest absolute Gasteiger partial charge is 0.116 e. The molecule has 0 aliphatic carbocycles. The highest BCUT2D eigenvalue weighted by atomic mass is 14.9. The molecule has 12 heavy (non-hydrogen) atoms. The van der Waals surface area contributed by atoms with Gasteiger partial charge in [0.15, 0.2) is 0 Å². The molecule has 0 fully saturated rings. The third-order valence-corrected chi connectivity index (χ3v) is 1.70. The van der Waals surface area contributed by atoms with Gasteiger partial charge in [0.25, 0.3) is 0 Å². The summed E-state index contributed by atoms with van der Waals surface area (Å²) < 4.78 is 0. The standard InChI is InChI=1S/C9H15N3/c1-9(2,3)8-4-7(5-10)11-6-12-8/h4,6H,5,10H2,1-3H3. The predicted molar refractivity (Wildman–Crippen MR) is 48.6 cm³/mol. The van der Waals surface area contributed by atoms with E-state index in [0.29, 0.717) is 6.54 Å². The van der Waals surface area contributed by atoms with Crippen LogP contribution in [0, 0.1) is 0 Å². The summed E-state index contributed by atoms with van der Waals surface area (Å²) >= 11 is 0. The molecule has 3 heteroatoms. The van der Waals surface area contributed by atoms with Crippen molar-refractivity contribution in [3.63, 3.8) is 0 Å². The Kier molecular flexibility index (Phi) is 2.43. The second-order valence-corrected chi connectivity index (χ2v) is 3.85. The molecule has 3 nitrogen and oxygen atoms in total. The fourth-order valence-electron chi connectivity index (χ4n) is 0.919. The lowest BCUT2D eigenvalue weighted by Gasteiger charge is -2.17. The van der Waals surface area contributed by atoms with E-state index in [0.717, 1.165) is 11.4 Å². The first-order valence-electron chi connectivity index (χ1n) is 4.05. The molecule has 1 rings (SSSR count). The first-order chi connectivity index (χ1) is 5.54. The molecular weight excluding hydrogens is 150 g/mol. The summed E-state index contributed by atoms with van der Waals surface area (Å²) in [6.07, 6.45) is 1.57. The van der Waals surface area contributed by atoms with E-state index in [9.17, 15) is 0 Å². The summed E-state index contributed by atoms with van der Waals surface area (Å²) in [5, 5.41) is 0. The van der Waals surface area contributed by atoms with E-state index in [1.54, 1.807) is 6.33 Å². The predicted octanol–water partition coefficient (Wildman–Crippen LogP) is 1.23. The molecule has 0 radical (unpaired) electrons. The lowest BCUT2D eigenvalue weighted by Crippen LogP contribution is -2.15. The number of nitrogens with zero attached hydrogens (tertiary/aromatic N) is 2. The van der Waals surface area contributed by atoms with E-state index in [-0.39, 0.29) is 5.41 Å². The molecule has 1 heterocycles. The molecule has 0 bridgehead atoms. The minimum Gasteiger partial charge on any atom is -0.325 e. The largest absolute Gasteiger partial charge is 0.325 e. The maximum absolute atomic E-state index is 5.47. The first-order valence-corrected chi connectivity index (χ1v) is 4.05. The molecule has 1 aromatic rings. The molecule has 0 atom stereocenters. The molecule has 0 aliphatic rings. The van der Waals surface area contributed by atoms with Crippen molar-refractivity contribution >= 4 is 0 Å². The van der Waals surface area contributed by atoms with Gasteiger partial charge in [-0.25, -0.2) is 9.97 Å². The van der Waals surface area contributed by atoms with Crippen LogP contribution in [0.15, 0.2) is 12.4 Å². The van der Waals surface area contributed by atoms with Gasteiger partial charge in [-0.05, 0) is 6.07 Å². The van der Waals surface area contributed by atoms with E-state index >= 15 is 0 Å². The zero-order valence-electron chi connectivity index (χ0n) is 7.83. The molecule has 0 saturated heterocycles. The lowest BCUT2D eigenvalue weighted by molar-refractivity contribution is 0.565. The number of nitrogens with two attached hydrogens (primary N) is 1. The van der Waals surface area contributed by atoms with E-state index < -0.39 is 0 Å². The van der Waals surface area contributed by atoms with Crippen LogP contribution in [0.1, 0.15) is 32.2 Å². The number of aromatic nitrogens is 2. The molecule has 0 amide bonds. The Morgan fingerprint density at radius 3 is 2.50 bits per heavy atom. The molecule has 2 N–H and O–H groups in total. The summed E-state index contributed by atoms with van der Waals surface area (Å²) in [7, 11) is 0. The molecular formula is C9H15N3. The van der Waals surface area contributed by atoms with Gasteiger partial charge in [-0.3, -0.25) is 0 Å².